The van der Waals surface area contributed by atoms with Crippen molar-refractivity contribution in [2.45, 2.75) is 26.9 Å². The van der Waals surface area contributed by atoms with Crippen LogP contribution in [0.4, 0.5) is 5.69 Å². The van der Waals surface area contributed by atoms with Crippen LogP contribution in [-0.2, 0) is 14.3 Å². The molecule has 6 nitrogen and oxygen atoms in total. The summed E-state index contributed by atoms with van der Waals surface area (Å²) in [7, 11) is 1.55. The molecule has 1 amide bonds. The van der Waals surface area contributed by atoms with Crippen molar-refractivity contribution in [1.29, 1.82) is 0 Å². The predicted octanol–water partition coefficient (Wildman–Crippen LogP) is 4.64. The highest BCUT2D eigenvalue weighted by Crippen LogP contribution is 2.29. The Morgan fingerprint density at radius 3 is 2.59 bits per heavy atom. The average molecular weight is 418 g/mol. The second-order valence-electron chi connectivity index (χ2n) is 6.53. The highest BCUT2D eigenvalue weighted by Gasteiger charge is 2.09. The monoisotopic (exact) mass is 417 g/mol. The van der Waals surface area contributed by atoms with Crippen LogP contribution in [0.15, 0.2) is 42.5 Å². The van der Waals surface area contributed by atoms with Crippen LogP contribution in [0.3, 0.4) is 0 Å². The molecule has 0 aliphatic carbocycles. The fourth-order valence-corrected chi connectivity index (χ4v) is 2.58. The number of methoxy groups -OCH3 is 1. The number of aryl methyl sites for hydroxylation is 1. The molecule has 0 saturated heterocycles. The number of anilines is 1. The van der Waals surface area contributed by atoms with Crippen molar-refractivity contribution in [2.75, 3.05) is 19.0 Å². The number of carbonyl (C=O) groups is 2. The lowest BCUT2D eigenvalue weighted by Gasteiger charge is -2.13. The fourth-order valence-electron chi connectivity index (χ4n) is 2.40. The van der Waals surface area contributed by atoms with Gasteiger partial charge in [0, 0.05) is 16.8 Å². The van der Waals surface area contributed by atoms with Crippen LogP contribution in [0.25, 0.3) is 6.08 Å². The number of esters is 1. The van der Waals surface area contributed by atoms with Gasteiger partial charge in [-0.3, -0.25) is 4.79 Å². The van der Waals surface area contributed by atoms with Crippen LogP contribution in [0.2, 0.25) is 5.02 Å². The number of ether oxygens (including phenoxy) is 3. The van der Waals surface area contributed by atoms with Crippen LogP contribution in [0.1, 0.15) is 25.0 Å². The molecule has 0 fully saturated rings. The highest BCUT2D eigenvalue weighted by atomic mass is 35.5. The maximum absolute atomic E-state index is 12.0. The maximum Gasteiger partial charge on any atom is 0.331 e. The first-order valence-electron chi connectivity index (χ1n) is 9.04. The molecule has 0 aliphatic rings. The molecule has 0 atom stereocenters. The third kappa shape index (κ3) is 7.16. The number of rotatable bonds is 8. The van der Waals surface area contributed by atoms with E-state index in [-0.39, 0.29) is 6.10 Å². The average Bonchev–Trinajstić information content (AvgIpc) is 2.68. The van der Waals surface area contributed by atoms with Gasteiger partial charge in [-0.2, -0.15) is 0 Å². The second kappa shape index (κ2) is 10.5. The molecule has 2 aromatic carbocycles. The Bertz CT molecular complexity index is 908. The van der Waals surface area contributed by atoms with Gasteiger partial charge in [0.2, 0.25) is 0 Å². The summed E-state index contributed by atoms with van der Waals surface area (Å²) in [4.78, 5) is 23.9. The van der Waals surface area contributed by atoms with E-state index in [0.29, 0.717) is 22.2 Å². The van der Waals surface area contributed by atoms with Gasteiger partial charge < -0.3 is 19.5 Å². The van der Waals surface area contributed by atoms with E-state index in [4.69, 9.17) is 25.8 Å². The first-order chi connectivity index (χ1) is 13.8. The van der Waals surface area contributed by atoms with Gasteiger partial charge in [-0.25, -0.2) is 4.79 Å². The van der Waals surface area contributed by atoms with E-state index in [1.807, 2.05) is 20.8 Å². The van der Waals surface area contributed by atoms with E-state index < -0.39 is 18.5 Å². The van der Waals surface area contributed by atoms with Gasteiger partial charge in [0.1, 0.15) is 0 Å². The van der Waals surface area contributed by atoms with Gasteiger partial charge in [0.05, 0.1) is 13.2 Å². The number of hydrogen-bond donors (Lipinski definition) is 1. The second-order valence-corrected chi connectivity index (χ2v) is 6.96. The van der Waals surface area contributed by atoms with Crippen LogP contribution in [-0.4, -0.2) is 31.7 Å². The Morgan fingerprint density at radius 1 is 1.14 bits per heavy atom. The first kappa shape index (κ1) is 22.3. The van der Waals surface area contributed by atoms with Crippen LogP contribution >= 0.6 is 11.6 Å². The number of carbonyl (C=O) groups excluding carboxylic acids is 2. The molecule has 0 radical (unpaired) electrons. The normalized spacial score (nSPS) is 10.8. The molecule has 2 rings (SSSR count). The summed E-state index contributed by atoms with van der Waals surface area (Å²) in [6.45, 7) is 5.28. The number of halogens is 1. The minimum Gasteiger partial charge on any atom is -0.493 e. The van der Waals surface area contributed by atoms with Gasteiger partial charge in [0.25, 0.3) is 5.91 Å². The summed E-state index contributed by atoms with van der Waals surface area (Å²) >= 11 is 5.92. The Labute approximate surface area is 175 Å². The topological polar surface area (TPSA) is 73.9 Å². The third-order valence-electron chi connectivity index (χ3n) is 3.78. The number of amides is 1. The molecule has 29 heavy (non-hydrogen) atoms. The highest BCUT2D eigenvalue weighted by molar-refractivity contribution is 6.31. The Morgan fingerprint density at radius 2 is 1.90 bits per heavy atom. The number of benzene rings is 2. The summed E-state index contributed by atoms with van der Waals surface area (Å²) in [6, 6.07) is 10.5. The lowest BCUT2D eigenvalue weighted by Crippen LogP contribution is -2.20. The van der Waals surface area contributed by atoms with Crippen molar-refractivity contribution in [3.05, 3.63) is 58.6 Å². The van der Waals surface area contributed by atoms with Gasteiger partial charge in [0.15, 0.2) is 18.1 Å². The Balaban J connectivity index is 1.90. The molecule has 1 N–H and O–H groups in total. The van der Waals surface area contributed by atoms with Crippen LogP contribution < -0.4 is 14.8 Å². The van der Waals surface area contributed by atoms with Crippen molar-refractivity contribution in [3.63, 3.8) is 0 Å². The smallest absolute Gasteiger partial charge is 0.331 e. The van der Waals surface area contributed by atoms with Crippen LogP contribution in [0.5, 0.6) is 11.5 Å². The zero-order valence-electron chi connectivity index (χ0n) is 16.8. The summed E-state index contributed by atoms with van der Waals surface area (Å²) in [5.41, 5.74) is 2.16. The minimum atomic E-state index is -0.635. The van der Waals surface area contributed by atoms with Gasteiger partial charge in [-0.1, -0.05) is 23.7 Å². The van der Waals surface area contributed by atoms with Crippen molar-refractivity contribution < 1.29 is 23.8 Å². The Hall–Kier alpha value is -2.99. The molecule has 0 aromatic heterocycles. The van der Waals surface area contributed by atoms with E-state index >= 15 is 0 Å². The summed E-state index contributed by atoms with van der Waals surface area (Å²) in [5.74, 6) is 0.0964. The fraction of sp³-hybridized carbons (Fsp3) is 0.273. The summed E-state index contributed by atoms with van der Waals surface area (Å²) < 4.78 is 15.9. The summed E-state index contributed by atoms with van der Waals surface area (Å²) in [6.07, 6.45) is 2.83. The zero-order chi connectivity index (χ0) is 21.4. The molecule has 0 heterocycles. The maximum atomic E-state index is 12.0. The van der Waals surface area contributed by atoms with E-state index in [0.717, 1.165) is 11.1 Å². The molecular weight excluding hydrogens is 394 g/mol. The quantitative estimate of drug-likeness (QED) is 0.500. The molecule has 0 spiro atoms. The molecule has 0 bridgehead atoms. The molecular formula is C22H24ClNO5. The van der Waals surface area contributed by atoms with E-state index in [9.17, 15) is 9.59 Å². The molecule has 0 aliphatic heterocycles. The first-order valence-corrected chi connectivity index (χ1v) is 9.42. The van der Waals surface area contributed by atoms with Gasteiger partial charge in [-0.15, -0.1) is 0 Å². The van der Waals surface area contributed by atoms with Gasteiger partial charge >= 0.3 is 5.97 Å². The van der Waals surface area contributed by atoms with E-state index in [1.54, 1.807) is 49.6 Å². The third-order valence-corrected chi connectivity index (χ3v) is 4.02. The van der Waals surface area contributed by atoms with Crippen molar-refractivity contribution in [3.8, 4) is 11.5 Å². The largest absolute Gasteiger partial charge is 0.493 e. The molecule has 154 valence electrons. The standard InChI is InChI=1S/C22H24ClNO5/c1-14(2)29-19-9-6-16(11-20(19)27-4)7-10-22(26)28-13-21(25)24-18-12-17(23)8-5-15(18)3/h5-12,14H,13H2,1-4H3,(H,24,25)/b10-7+. The van der Waals surface area contributed by atoms with Crippen molar-refractivity contribution in [1.82, 2.24) is 0 Å². The van der Waals surface area contributed by atoms with Crippen LogP contribution in [0, 0.1) is 6.92 Å². The lowest BCUT2D eigenvalue weighted by atomic mass is 10.2. The van der Waals surface area contributed by atoms with E-state index in [2.05, 4.69) is 5.32 Å². The Kier molecular flexibility index (Phi) is 8.09. The van der Waals surface area contributed by atoms with Gasteiger partial charge in [-0.05, 0) is 62.2 Å². The number of nitrogens with one attached hydrogen (secondary N) is 1. The molecule has 7 heteroatoms. The molecule has 0 saturated carbocycles. The van der Waals surface area contributed by atoms with E-state index in [1.165, 1.54) is 6.08 Å². The SMILES string of the molecule is COc1cc(/C=C/C(=O)OCC(=O)Nc2cc(Cl)ccc2C)ccc1OC(C)C. The summed E-state index contributed by atoms with van der Waals surface area (Å²) in [5, 5.41) is 3.17. The predicted molar refractivity (Wildman–Crippen MR) is 114 cm³/mol. The van der Waals surface area contributed by atoms with Crippen molar-refractivity contribution in [2.24, 2.45) is 0 Å². The molecule has 0 unspecified atom stereocenters. The van der Waals surface area contributed by atoms with Crippen molar-refractivity contribution >= 4 is 35.2 Å². The zero-order valence-corrected chi connectivity index (χ0v) is 17.6. The number of hydrogen-bond acceptors (Lipinski definition) is 5. The lowest BCUT2D eigenvalue weighted by molar-refractivity contribution is -0.142. The minimum absolute atomic E-state index is 0.0158. The molecule has 2 aromatic rings.